The first-order valence-electron chi connectivity index (χ1n) is 6.60. The Morgan fingerprint density at radius 3 is 2.65 bits per heavy atom. The van der Waals surface area contributed by atoms with E-state index in [1.165, 1.54) is 18.5 Å². The molecule has 0 saturated heterocycles. The maximum atomic E-state index is 12.2. The van der Waals surface area contributed by atoms with E-state index in [4.69, 9.17) is 11.6 Å². The Morgan fingerprint density at radius 1 is 1.45 bits per heavy atom. The lowest BCUT2D eigenvalue weighted by atomic mass is 9.77. The zero-order chi connectivity index (χ0) is 14.8. The normalized spacial score (nSPS) is 26.0. The number of hydrogen-bond acceptors (Lipinski definition) is 3. The summed E-state index contributed by atoms with van der Waals surface area (Å²) in [6.45, 7) is 2.09. The van der Waals surface area contributed by atoms with Gasteiger partial charge in [-0.15, -0.1) is 0 Å². The largest absolute Gasteiger partial charge is 0.480 e. The standard InChI is InChI=1S/C14H17ClN2O3/c1-9-2-5-14(6-3-9,13(19)20)17-12(18)10-4-7-16-8-11(10)15/h4,7-9H,2-3,5-6H2,1H3,(H,17,18)(H,19,20). The fraction of sp³-hybridized carbons (Fsp3) is 0.500. The summed E-state index contributed by atoms with van der Waals surface area (Å²) >= 11 is 5.91. The topological polar surface area (TPSA) is 79.3 Å². The molecule has 1 saturated carbocycles. The van der Waals surface area contributed by atoms with Gasteiger partial charge in [-0.3, -0.25) is 9.78 Å². The Morgan fingerprint density at radius 2 is 2.10 bits per heavy atom. The number of aliphatic carboxylic acids is 1. The van der Waals surface area contributed by atoms with Crippen LogP contribution < -0.4 is 5.32 Å². The predicted octanol–water partition coefficient (Wildman–Crippen LogP) is 2.50. The summed E-state index contributed by atoms with van der Waals surface area (Å²) in [4.78, 5) is 27.6. The molecule has 1 aliphatic rings. The van der Waals surface area contributed by atoms with Crippen LogP contribution >= 0.6 is 11.6 Å². The molecule has 2 N–H and O–H groups in total. The molecule has 0 bridgehead atoms. The predicted molar refractivity (Wildman–Crippen MR) is 74.7 cm³/mol. The monoisotopic (exact) mass is 296 g/mol. The SMILES string of the molecule is CC1CCC(NC(=O)c2ccncc2Cl)(C(=O)O)CC1. The maximum absolute atomic E-state index is 12.2. The minimum absolute atomic E-state index is 0.217. The third-order valence-corrected chi connectivity index (χ3v) is 4.21. The van der Waals surface area contributed by atoms with E-state index in [1.807, 2.05) is 0 Å². The van der Waals surface area contributed by atoms with Crippen molar-refractivity contribution in [3.63, 3.8) is 0 Å². The van der Waals surface area contributed by atoms with Gasteiger partial charge in [-0.25, -0.2) is 4.79 Å². The summed E-state index contributed by atoms with van der Waals surface area (Å²) in [5.41, 5.74) is -0.933. The molecule has 20 heavy (non-hydrogen) atoms. The second-order valence-corrected chi connectivity index (χ2v) is 5.79. The first kappa shape index (κ1) is 14.8. The molecule has 1 aromatic rings. The van der Waals surface area contributed by atoms with Gasteiger partial charge in [-0.05, 0) is 37.7 Å². The zero-order valence-electron chi connectivity index (χ0n) is 11.2. The van der Waals surface area contributed by atoms with Crippen molar-refractivity contribution in [2.45, 2.75) is 38.1 Å². The Hall–Kier alpha value is -1.62. The van der Waals surface area contributed by atoms with E-state index in [0.29, 0.717) is 18.8 Å². The molecular formula is C14H17ClN2O3. The van der Waals surface area contributed by atoms with Gasteiger partial charge in [0, 0.05) is 12.4 Å². The van der Waals surface area contributed by atoms with E-state index in [-0.39, 0.29) is 10.6 Å². The lowest BCUT2D eigenvalue weighted by Gasteiger charge is -2.36. The van der Waals surface area contributed by atoms with Crippen molar-refractivity contribution in [1.29, 1.82) is 0 Å². The van der Waals surface area contributed by atoms with Gasteiger partial charge in [0.25, 0.3) is 5.91 Å². The minimum atomic E-state index is -1.18. The quantitative estimate of drug-likeness (QED) is 0.898. The number of halogens is 1. The number of carbonyl (C=O) groups excluding carboxylic acids is 1. The molecule has 108 valence electrons. The molecule has 0 aliphatic heterocycles. The maximum Gasteiger partial charge on any atom is 0.329 e. The summed E-state index contributed by atoms with van der Waals surface area (Å²) in [5, 5.41) is 12.4. The van der Waals surface area contributed by atoms with Crippen LogP contribution in [0.25, 0.3) is 0 Å². The summed E-state index contributed by atoms with van der Waals surface area (Å²) in [7, 11) is 0. The summed E-state index contributed by atoms with van der Waals surface area (Å²) < 4.78 is 0. The summed E-state index contributed by atoms with van der Waals surface area (Å²) in [5.74, 6) is -0.957. The van der Waals surface area contributed by atoms with Gasteiger partial charge in [0.2, 0.25) is 0 Å². The Labute approximate surface area is 122 Å². The van der Waals surface area contributed by atoms with Crippen LogP contribution in [0.3, 0.4) is 0 Å². The van der Waals surface area contributed by atoms with E-state index in [0.717, 1.165) is 12.8 Å². The highest BCUT2D eigenvalue weighted by Crippen LogP contribution is 2.32. The van der Waals surface area contributed by atoms with Crippen LogP contribution in [0.15, 0.2) is 18.5 Å². The molecule has 1 amide bonds. The van der Waals surface area contributed by atoms with Gasteiger partial charge >= 0.3 is 5.97 Å². The van der Waals surface area contributed by atoms with Crippen molar-refractivity contribution in [3.05, 3.63) is 29.0 Å². The average Bonchev–Trinajstić information content (AvgIpc) is 2.41. The smallest absolute Gasteiger partial charge is 0.329 e. The molecule has 0 unspecified atom stereocenters. The molecule has 0 spiro atoms. The highest BCUT2D eigenvalue weighted by Gasteiger charge is 2.42. The fourth-order valence-corrected chi connectivity index (χ4v) is 2.70. The number of nitrogens with one attached hydrogen (secondary N) is 1. The van der Waals surface area contributed by atoms with Crippen LogP contribution in [0.4, 0.5) is 0 Å². The van der Waals surface area contributed by atoms with Gasteiger partial charge in [-0.2, -0.15) is 0 Å². The molecular weight excluding hydrogens is 280 g/mol. The van der Waals surface area contributed by atoms with Crippen molar-refractivity contribution in [2.75, 3.05) is 0 Å². The van der Waals surface area contributed by atoms with E-state index in [9.17, 15) is 14.7 Å². The van der Waals surface area contributed by atoms with Crippen LogP contribution in [0, 0.1) is 5.92 Å². The second kappa shape index (κ2) is 5.79. The molecule has 1 fully saturated rings. The van der Waals surface area contributed by atoms with Crippen molar-refractivity contribution < 1.29 is 14.7 Å². The van der Waals surface area contributed by atoms with Crippen LogP contribution in [0.1, 0.15) is 43.0 Å². The van der Waals surface area contributed by atoms with Crippen LogP contribution in [-0.4, -0.2) is 27.5 Å². The van der Waals surface area contributed by atoms with Gasteiger partial charge in [0.1, 0.15) is 5.54 Å². The number of hydrogen-bond donors (Lipinski definition) is 2. The van der Waals surface area contributed by atoms with Crippen molar-refractivity contribution in [1.82, 2.24) is 10.3 Å². The van der Waals surface area contributed by atoms with E-state index in [2.05, 4.69) is 17.2 Å². The van der Waals surface area contributed by atoms with E-state index in [1.54, 1.807) is 0 Å². The van der Waals surface area contributed by atoms with Crippen molar-refractivity contribution in [2.24, 2.45) is 5.92 Å². The molecule has 5 nitrogen and oxygen atoms in total. The highest BCUT2D eigenvalue weighted by molar-refractivity contribution is 6.33. The Kier molecular flexibility index (Phi) is 4.28. The molecule has 2 rings (SSSR count). The number of rotatable bonds is 3. The van der Waals surface area contributed by atoms with Gasteiger partial charge in [0.15, 0.2) is 0 Å². The molecule has 1 heterocycles. The molecule has 0 radical (unpaired) electrons. The molecule has 0 atom stereocenters. The third-order valence-electron chi connectivity index (χ3n) is 3.91. The fourth-order valence-electron chi connectivity index (χ4n) is 2.49. The first-order chi connectivity index (χ1) is 9.44. The molecule has 1 aliphatic carbocycles. The van der Waals surface area contributed by atoms with E-state index < -0.39 is 17.4 Å². The number of aromatic nitrogens is 1. The highest BCUT2D eigenvalue weighted by atomic mass is 35.5. The third kappa shape index (κ3) is 2.93. The Balaban J connectivity index is 2.19. The van der Waals surface area contributed by atoms with Crippen LogP contribution in [-0.2, 0) is 4.79 Å². The summed E-state index contributed by atoms with van der Waals surface area (Å²) in [6.07, 6.45) is 5.28. The summed E-state index contributed by atoms with van der Waals surface area (Å²) in [6, 6.07) is 1.48. The molecule has 6 heteroatoms. The zero-order valence-corrected chi connectivity index (χ0v) is 12.0. The molecule has 1 aromatic heterocycles. The lowest BCUT2D eigenvalue weighted by molar-refractivity contribution is -0.146. The van der Waals surface area contributed by atoms with Gasteiger partial charge in [-0.1, -0.05) is 18.5 Å². The molecule has 0 aromatic carbocycles. The minimum Gasteiger partial charge on any atom is -0.480 e. The first-order valence-corrected chi connectivity index (χ1v) is 6.98. The van der Waals surface area contributed by atoms with Gasteiger partial charge < -0.3 is 10.4 Å². The number of carboxylic acid groups (broad SMARTS) is 1. The number of carbonyl (C=O) groups is 2. The lowest BCUT2D eigenvalue weighted by Crippen LogP contribution is -2.56. The van der Waals surface area contributed by atoms with Crippen LogP contribution in [0.5, 0.6) is 0 Å². The number of nitrogens with zero attached hydrogens (tertiary/aromatic N) is 1. The second-order valence-electron chi connectivity index (χ2n) is 5.38. The number of pyridine rings is 1. The number of amides is 1. The average molecular weight is 297 g/mol. The van der Waals surface area contributed by atoms with Crippen molar-refractivity contribution in [3.8, 4) is 0 Å². The number of carboxylic acids is 1. The van der Waals surface area contributed by atoms with Crippen molar-refractivity contribution >= 4 is 23.5 Å². The Bertz CT molecular complexity index is 525. The van der Waals surface area contributed by atoms with E-state index >= 15 is 0 Å². The van der Waals surface area contributed by atoms with Crippen LogP contribution in [0.2, 0.25) is 5.02 Å². The van der Waals surface area contributed by atoms with Gasteiger partial charge in [0.05, 0.1) is 10.6 Å².